The van der Waals surface area contributed by atoms with Gasteiger partial charge in [-0.05, 0) is 37.6 Å². The van der Waals surface area contributed by atoms with Gasteiger partial charge in [0.05, 0.1) is 19.3 Å². The van der Waals surface area contributed by atoms with E-state index in [4.69, 9.17) is 31.1 Å². The predicted octanol–water partition coefficient (Wildman–Crippen LogP) is 2.97. The summed E-state index contributed by atoms with van der Waals surface area (Å²) in [6.07, 6.45) is 3.29. The van der Waals surface area contributed by atoms with Crippen LogP contribution in [-0.4, -0.2) is 43.6 Å². The third-order valence-electron chi connectivity index (χ3n) is 4.31. The highest BCUT2D eigenvalue weighted by atomic mass is 35.5. The number of piperidine rings is 1. The summed E-state index contributed by atoms with van der Waals surface area (Å²) in [5, 5.41) is 9.41. The topological polar surface area (TPSA) is 54.7 Å². The average molecular weight is 337 g/mol. The Bertz CT molecular complexity index is 569. The minimum Gasteiger partial charge on any atom is -0.478 e. The monoisotopic (exact) mass is 336 g/mol. The number of hydrogen-bond donors (Lipinski definition) is 0. The molecule has 1 atom stereocenters. The fraction of sp³-hybridized carbons (Fsp3) is 0.588. The van der Waals surface area contributed by atoms with Gasteiger partial charge in [0, 0.05) is 17.1 Å². The van der Waals surface area contributed by atoms with Crippen molar-refractivity contribution in [2.45, 2.75) is 38.1 Å². The highest BCUT2D eigenvalue weighted by molar-refractivity contribution is 6.30. The summed E-state index contributed by atoms with van der Waals surface area (Å²) < 4.78 is 17.0. The van der Waals surface area contributed by atoms with Gasteiger partial charge < -0.3 is 14.2 Å². The second kappa shape index (κ2) is 7.98. The van der Waals surface area contributed by atoms with Crippen LogP contribution in [0.4, 0.5) is 0 Å². The van der Waals surface area contributed by atoms with Crippen LogP contribution in [0.15, 0.2) is 18.2 Å². The van der Waals surface area contributed by atoms with Gasteiger partial charge >= 0.3 is 0 Å². The molecule has 0 bridgehead atoms. The van der Waals surface area contributed by atoms with E-state index in [0.717, 1.165) is 31.5 Å². The van der Waals surface area contributed by atoms with E-state index in [-0.39, 0.29) is 18.9 Å². The second-order valence-electron chi connectivity index (χ2n) is 5.84. The minimum absolute atomic E-state index is 0.0346. The van der Waals surface area contributed by atoms with Crippen molar-refractivity contribution in [2.75, 3.05) is 26.4 Å². The summed E-state index contributed by atoms with van der Waals surface area (Å²) in [4.78, 5) is 2.38. The highest BCUT2D eigenvalue weighted by Crippen LogP contribution is 2.30. The molecule has 0 spiro atoms. The van der Waals surface area contributed by atoms with Gasteiger partial charge in [-0.15, -0.1) is 0 Å². The Labute approximate surface area is 141 Å². The van der Waals surface area contributed by atoms with Crippen molar-refractivity contribution in [3.05, 3.63) is 28.8 Å². The van der Waals surface area contributed by atoms with Crippen molar-refractivity contribution in [1.82, 2.24) is 4.90 Å². The fourth-order valence-electron chi connectivity index (χ4n) is 3.26. The Morgan fingerprint density at radius 2 is 2.13 bits per heavy atom. The molecule has 2 heterocycles. The van der Waals surface area contributed by atoms with E-state index in [1.165, 1.54) is 6.42 Å². The van der Waals surface area contributed by atoms with Gasteiger partial charge in [0.2, 0.25) is 0 Å². The summed E-state index contributed by atoms with van der Waals surface area (Å²) in [6.45, 7) is 3.09. The lowest BCUT2D eigenvalue weighted by Crippen LogP contribution is -2.46. The molecule has 2 saturated heterocycles. The van der Waals surface area contributed by atoms with Crippen LogP contribution < -0.4 is 4.74 Å². The van der Waals surface area contributed by atoms with Gasteiger partial charge in [-0.3, -0.25) is 4.90 Å². The largest absolute Gasteiger partial charge is 0.478 e. The van der Waals surface area contributed by atoms with Crippen molar-refractivity contribution in [3.63, 3.8) is 0 Å². The molecule has 0 unspecified atom stereocenters. The number of rotatable bonds is 5. The van der Waals surface area contributed by atoms with Crippen LogP contribution in [0.2, 0.25) is 5.02 Å². The number of nitrogens with zero attached hydrogens (tertiary/aromatic N) is 2. The zero-order valence-corrected chi connectivity index (χ0v) is 13.8. The van der Waals surface area contributed by atoms with Gasteiger partial charge in [-0.25, -0.2) is 0 Å². The Kier molecular flexibility index (Phi) is 5.74. The third kappa shape index (κ3) is 4.15. The smallest absolute Gasteiger partial charge is 0.174 e. The molecule has 0 aliphatic carbocycles. The molecular weight excluding hydrogens is 316 g/mol. The van der Waals surface area contributed by atoms with E-state index in [1.54, 1.807) is 6.07 Å². The van der Waals surface area contributed by atoms with Crippen molar-refractivity contribution in [1.29, 1.82) is 5.26 Å². The molecule has 1 aromatic carbocycles. The summed E-state index contributed by atoms with van der Waals surface area (Å²) >= 11 is 6.14. The molecule has 0 amide bonds. The molecule has 2 aliphatic heterocycles. The minimum atomic E-state index is -0.141. The molecule has 0 N–H and O–H groups in total. The molecule has 5 nitrogen and oxygen atoms in total. The molecule has 2 aliphatic rings. The summed E-state index contributed by atoms with van der Waals surface area (Å²) in [7, 11) is 0. The van der Waals surface area contributed by atoms with E-state index in [9.17, 15) is 0 Å². The van der Waals surface area contributed by atoms with Crippen LogP contribution in [0.5, 0.6) is 5.75 Å². The zero-order valence-electron chi connectivity index (χ0n) is 13.0. The first-order valence-corrected chi connectivity index (χ1v) is 8.41. The van der Waals surface area contributed by atoms with Crippen LogP contribution in [0, 0.1) is 11.3 Å². The van der Waals surface area contributed by atoms with E-state index in [2.05, 4.69) is 4.90 Å². The number of halogens is 1. The predicted molar refractivity (Wildman–Crippen MR) is 86.3 cm³/mol. The van der Waals surface area contributed by atoms with Crippen molar-refractivity contribution >= 4 is 11.6 Å². The SMILES string of the molecule is N#CCOc1ccc(Cl)cc1CN1CCCC[C@@H]1C1OCCO1. The molecule has 0 radical (unpaired) electrons. The van der Waals surface area contributed by atoms with Gasteiger partial charge in [0.25, 0.3) is 0 Å². The summed E-state index contributed by atoms with van der Waals surface area (Å²) in [5.41, 5.74) is 0.998. The zero-order chi connectivity index (χ0) is 16.1. The maximum Gasteiger partial charge on any atom is 0.174 e. The molecule has 0 aromatic heterocycles. The summed E-state index contributed by atoms with van der Waals surface area (Å²) in [6, 6.07) is 7.79. The third-order valence-corrected chi connectivity index (χ3v) is 4.55. The van der Waals surface area contributed by atoms with Gasteiger partial charge in [0.15, 0.2) is 12.9 Å². The Hall–Kier alpha value is -1.32. The Balaban J connectivity index is 1.75. The van der Waals surface area contributed by atoms with E-state index in [0.29, 0.717) is 24.0 Å². The van der Waals surface area contributed by atoms with Crippen LogP contribution in [0.3, 0.4) is 0 Å². The number of likely N-dealkylation sites (tertiary alicyclic amines) is 1. The second-order valence-corrected chi connectivity index (χ2v) is 6.28. The highest BCUT2D eigenvalue weighted by Gasteiger charge is 2.33. The normalized spacial score (nSPS) is 22.9. The van der Waals surface area contributed by atoms with E-state index >= 15 is 0 Å². The number of hydrogen-bond acceptors (Lipinski definition) is 5. The maximum absolute atomic E-state index is 8.74. The van der Waals surface area contributed by atoms with Gasteiger partial charge in [0.1, 0.15) is 11.8 Å². The van der Waals surface area contributed by atoms with Crippen LogP contribution in [-0.2, 0) is 16.0 Å². The molecule has 1 aromatic rings. The van der Waals surface area contributed by atoms with Crippen molar-refractivity contribution in [3.8, 4) is 11.8 Å². The Morgan fingerprint density at radius 3 is 2.91 bits per heavy atom. The number of ether oxygens (including phenoxy) is 3. The Morgan fingerprint density at radius 1 is 1.30 bits per heavy atom. The average Bonchev–Trinajstić information content (AvgIpc) is 3.09. The lowest BCUT2D eigenvalue weighted by Gasteiger charge is -2.38. The van der Waals surface area contributed by atoms with Gasteiger partial charge in [-0.1, -0.05) is 18.0 Å². The lowest BCUT2D eigenvalue weighted by atomic mass is 10.0. The molecule has 0 saturated carbocycles. The quantitative estimate of drug-likeness (QED) is 0.827. The fourth-order valence-corrected chi connectivity index (χ4v) is 3.46. The molecule has 2 fully saturated rings. The van der Waals surface area contributed by atoms with Crippen LogP contribution in [0.25, 0.3) is 0 Å². The van der Waals surface area contributed by atoms with Crippen LogP contribution in [0.1, 0.15) is 24.8 Å². The van der Waals surface area contributed by atoms with Gasteiger partial charge in [-0.2, -0.15) is 5.26 Å². The lowest BCUT2D eigenvalue weighted by molar-refractivity contribution is -0.111. The first-order valence-electron chi connectivity index (χ1n) is 8.03. The number of nitriles is 1. The summed E-state index contributed by atoms with van der Waals surface area (Å²) in [5.74, 6) is 0.716. The van der Waals surface area contributed by atoms with Crippen molar-refractivity contribution < 1.29 is 14.2 Å². The first kappa shape index (κ1) is 16.5. The van der Waals surface area contributed by atoms with Crippen LogP contribution >= 0.6 is 11.6 Å². The number of benzene rings is 1. The van der Waals surface area contributed by atoms with E-state index in [1.807, 2.05) is 18.2 Å². The molecule has 23 heavy (non-hydrogen) atoms. The molecule has 124 valence electrons. The van der Waals surface area contributed by atoms with E-state index < -0.39 is 0 Å². The first-order chi connectivity index (χ1) is 11.3. The molecule has 6 heteroatoms. The molecule has 3 rings (SSSR count). The standard InChI is InChI=1S/C17H21ClN2O3/c18-14-4-5-16(21-8-6-19)13(11-14)12-20-7-2-1-3-15(20)17-22-9-10-23-17/h4-5,11,15,17H,1-3,7-10,12H2/t15-/m1/s1. The van der Waals surface area contributed by atoms with Crippen molar-refractivity contribution in [2.24, 2.45) is 0 Å². The molecular formula is C17H21ClN2O3. The maximum atomic E-state index is 8.74.